The van der Waals surface area contributed by atoms with Crippen LogP contribution in [0.15, 0.2) is 78.9 Å². The number of anilines is 2. The van der Waals surface area contributed by atoms with Gasteiger partial charge in [0.1, 0.15) is 5.75 Å². The third kappa shape index (κ3) is 6.83. The van der Waals surface area contributed by atoms with Crippen LogP contribution in [0.3, 0.4) is 0 Å². The van der Waals surface area contributed by atoms with Gasteiger partial charge in [0.15, 0.2) is 0 Å². The maximum absolute atomic E-state index is 12.8. The van der Waals surface area contributed by atoms with Crippen LogP contribution in [0.25, 0.3) is 0 Å². The second-order valence-corrected chi connectivity index (χ2v) is 8.55. The fourth-order valence-corrected chi connectivity index (χ4v) is 4.19. The highest BCUT2D eigenvalue weighted by Crippen LogP contribution is 2.17. The molecule has 1 saturated heterocycles. The minimum absolute atomic E-state index is 0.114. The van der Waals surface area contributed by atoms with Gasteiger partial charge in [-0.3, -0.25) is 14.5 Å². The van der Waals surface area contributed by atoms with Gasteiger partial charge in [0, 0.05) is 38.4 Å². The molecule has 0 aromatic heterocycles. The van der Waals surface area contributed by atoms with Crippen molar-refractivity contribution in [3.63, 3.8) is 0 Å². The number of hydrogen-bond acceptors (Lipinski definition) is 5. The largest absolute Gasteiger partial charge is 0.497 e. The molecule has 0 atom stereocenters. The van der Waals surface area contributed by atoms with Crippen molar-refractivity contribution in [2.24, 2.45) is 0 Å². The molecule has 7 heteroatoms. The number of hydrogen-bond donors (Lipinski definition) is 2. The third-order valence-corrected chi connectivity index (χ3v) is 6.16. The molecule has 0 spiro atoms. The summed E-state index contributed by atoms with van der Waals surface area (Å²) >= 11 is 0. The Morgan fingerprint density at radius 1 is 0.857 bits per heavy atom. The monoisotopic (exact) mass is 472 g/mol. The number of nitrogens with one attached hydrogen (secondary N) is 2. The van der Waals surface area contributed by atoms with E-state index in [9.17, 15) is 9.59 Å². The summed E-state index contributed by atoms with van der Waals surface area (Å²) in [4.78, 5) is 30.0. The molecule has 1 aliphatic heterocycles. The van der Waals surface area contributed by atoms with Gasteiger partial charge in [0.2, 0.25) is 5.91 Å². The Bertz CT molecular complexity index is 1110. The molecule has 1 fully saturated rings. The van der Waals surface area contributed by atoms with Crippen molar-refractivity contribution in [1.29, 1.82) is 0 Å². The zero-order chi connectivity index (χ0) is 24.5. The van der Waals surface area contributed by atoms with E-state index in [1.807, 2.05) is 48.5 Å². The molecule has 0 saturated carbocycles. The quantitative estimate of drug-likeness (QED) is 0.499. The Balaban J connectivity index is 1.25. The lowest BCUT2D eigenvalue weighted by molar-refractivity contribution is -0.117. The number of ether oxygens (including phenoxy) is 1. The van der Waals surface area contributed by atoms with Gasteiger partial charge >= 0.3 is 0 Å². The topological polar surface area (TPSA) is 73.9 Å². The van der Waals surface area contributed by atoms with Crippen molar-refractivity contribution in [2.45, 2.75) is 6.42 Å². The van der Waals surface area contributed by atoms with Crippen LogP contribution in [-0.2, 0) is 11.2 Å². The Morgan fingerprint density at radius 2 is 1.54 bits per heavy atom. The first-order valence-corrected chi connectivity index (χ1v) is 11.9. The normalized spacial score (nSPS) is 13.8. The van der Waals surface area contributed by atoms with Crippen molar-refractivity contribution in [2.75, 3.05) is 56.6 Å². The molecule has 7 nitrogen and oxygen atoms in total. The molecule has 3 aromatic carbocycles. The predicted molar refractivity (Wildman–Crippen MR) is 139 cm³/mol. The first-order valence-electron chi connectivity index (χ1n) is 11.9. The van der Waals surface area contributed by atoms with Crippen LogP contribution >= 0.6 is 0 Å². The predicted octanol–water partition coefficient (Wildman–Crippen LogP) is 3.43. The smallest absolute Gasteiger partial charge is 0.253 e. The van der Waals surface area contributed by atoms with Gasteiger partial charge in [0.25, 0.3) is 5.91 Å². The first-order chi connectivity index (χ1) is 17.1. The van der Waals surface area contributed by atoms with Gasteiger partial charge in [-0.05, 0) is 48.4 Å². The average molecular weight is 473 g/mol. The number of para-hydroxylation sites is 2. The van der Waals surface area contributed by atoms with E-state index in [0.29, 0.717) is 30.8 Å². The SMILES string of the molecule is COc1ccc(CCNC(=O)c2ccccc2NC(=O)CN2CCN(c3ccccc3)CC2)cc1. The third-order valence-electron chi connectivity index (χ3n) is 6.16. The summed E-state index contributed by atoms with van der Waals surface area (Å²) in [5.41, 5.74) is 3.32. The number of carbonyl (C=O) groups is 2. The van der Waals surface area contributed by atoms with Crippen molar-refractivity contribution in [3.05, 3.63) is 90.0 Å². The summed E-state index contributed by atoms with van der Waals surface area (Å²) in [5.74, 6) is 0.489. The fourth-order valence-electron chi connectivity index (χ4n) is 4.19. The number of carbonyl (C=O) groups excluding carboxylic acids is 2. The van der Waals surface area contributed by atoms with Crippen LogP contribution < -0.4 is 20.3 Å². The highest BCUT2D eigenvalue weighted by molar-refractivity contribution is 6.04. The maximum Gasteiger partial charge on any atom is 0.253 e. The van der Waals surface area contributed by atoms with Crippen LogP contribution in [0, 0.1) is 0 Å². The number of piperazine rings is 1. The van der Waals surface area contributed by atoms with E-state index in [4.69, 9.17) is 4.74 Å². The van der Waals surface area contributed by atoms with E-state index in [2.05, 4.69) is 32.6 Å². The molecular weight excluding hydrogens is 440 g/mol. The minimum Gasteiger partial charge on any atom is -0.497 e. The zero-order valence-corrected chi connectivity index (χ0v) is 20.1. The molecule has 2 amide bonds. The highest BCUT2D eigenvalue weighted by atomic mass is 16.5. The second-order valence-electron chi connectivity index (χ2n) is 8.55. The molecule has 0 aliphatic carbocycles. The van der Waals surface area contributed by atoms with Crippen LogP contribution in [0.1, 0.15) is 15.9 Å². The van der Waals surface area contributed by atoms with Crippen molar-refractivity contribution >= 4 is 23.2 Å². The summed E-state index contributed by atoms with van der Waals surface area (Å²) in [5, 5.41) is 5.89. The van der Waals surface area contributed by atoms with Crippen molar-refractivity contribution < 1.29 is 14.3 Å². The Morgan fingerprint density at radius 3 is 2.26 bits per heavy atom. The van der Waals surface area contributed by atoms with Gasteiger partial charge in [-0.25, -0.2) is 0 Å². The van der Waals surface area contributed by atoms with Gasteiger partial charge in [-0.2, -0.15) is 0 Å². The lowest BCUT2D eigenvalue weighted by Gasteiger charge is -2.35. The number of benzene rings is 3. The summed E-state index contributed by atoms with van der Waals surface area (Å²) in [6.45, 7) is 4.19. The fraction of sp³-hybridized carbons (Fsp3) is 0.286. The van der Waals surface area contributed by atoms with Crippen molar-refractivity contribution in [1.82, 2.24) is 10.2 Å². The van der Waals surface area contributed by atoms with Gasteiger partial charge in [-0.1, -0.05) is 42.5 Å². The number of amides is 2. The lowest BCUT2D eigenvalue weighted by Crippen LogP contribution is -2.48. The van der Waals surface area contributed by atoms with Crippen molar-refractivity contribution in [3.8, 4) is 5.75 Å². The summed E-state index contributed by atoms with van der Waals surface area (Å²) < 4.78 is 5.18. The van der Waals surface area contributed by atoms with E-state index in [1.54, 1.807) is 25.3 Å². The molecule has 0 unspecified atom stereocenters. The van der Waals surface area contributed by atoms with E-state index in [1.165, 1.54) is 5.69 Å². The molecule has 4 rings (SSSR count). The van der Waals surface area contributed by atoms with Crippen LogP contribution in [0.2, 0.25) is 0 Å². The Hall–Kier alpha value is -3.84. The molecule has 1 heterocycles. The molecule has 2 N–H and O–H groups in total. The Kier molecular flexibility index (Phi) is 8.35. The molecule has 0 bridgehead atoms. The zero-order valence-electron chi connectivity index (χ0n) is 20.1. The average Bonchev–Trinajstić information content (AvgIpc) is 2.90. The van der Waals surface area contributed by atoms with Gasteiger partial charge < -0.3 is 20.3 Å². The highest BCUT2D eigenvalue weighted by Gasteiger charge is 2.20. The van der Waals surface area contributed by atoms with Crippen LogP contribution in [0.5, 0.6) is 5.75 Å². The molecule has 0 radical (unpaired) electrons. The van der Waals surface area contributed by atoms with E-state index in [-0.39, 0.29) is 11.8 Å². The molecule has 3 aromatic rings. The molecular formula is C28H32N4O3. The standard InChI is InChI=1S/C28H32N4O3/c1-35-24-13-11-22(12-14-24)15-16-29-28(34)25-9-5-6-10-26(25)30-27(33)21-31-17-19-32(20-18-31)23-7-3-2-4-8-23/h2-14H,15-21H2,1H3,(H,29,34)(H,30,33). The summed E-state index contributed by atoms with van der Waals surface area (Å²) in [7, 11) is 1.64. The Labute approximate surface area is 206 Å². The molecule has 1 aliphatic rings. The number of nitrogens with zero attached hydrogens (tertiary/aromatic N) is 2. The minimum atomic E-state index is -0.203. The van der Waals surface area contributed by atoms with E-state index >= 15 is 0 Å². The number of methoxy groups -OCH3 is 1. The lowest BCUT2D eigenvalue weighted by atomic mass is 10.1. The maximum atomic E-state index is 12.8. The molecule has 35 heavy (non-hydrogen) atoms. The molecule has 182 valence electrons. The van der Waals surface area contributed by atoms with Crippen LogP contribution in [-0.4, -0.2) is 63.1 Å². The number of rotatable bonds is 9. The summed E-state index contributed by atoms with van der Waals surface area (Å²) in [6.07, 6.45) is 0.708. The summed E-state index contributed by atoms with van der Waals surface area (Å²) in [6, 6.07) is 25.2. The van der Waals surface area contributed by atoms with Crippen LogP contribution in [0.4, 0.5) is 11.4 Å². The van der Waals surface area contributed by atoms with E-state index in [0.717, 1.165) is 37.5 Å². The van der Waals surface area contributed by atoms with Gasteiger partial charge in [-0.15, -0.1) is 0 Å². The first kappa shape index (κ1) is 24.3. The van der Waals surface area contributed by atoms with E-state index < -0.39 is 0 Å². The second kappa shape index (κ2) is 12.0. The van der Waals surface area contributed by atoms with Gasteiger partial charge in [0.05, 0.1) is 24.9 Å².